The molecule has 0 bridgehead atoms. The van der Waals surface area contributed by atoms with Gasteiger partial charge in [-0.2, -0.15) is 0 Å². The first-order chi connectivity index (χ1) is 9.12. The van der Waals surface area contributed by atoms with Crippen LogP contribution in [0.5, 0.6) is 0 Å². The van der Waals surface area contributed by atoms with Crippen molar-refractivity contribution < 1.29 is 40.4 Å². The number of rotatable bonds is 14. The van der Waals surface area contributed by atoms with Crippen molar-refractivity contribution in [1.29, 1.82) is 0 Å². The van der Waals surface area contributed by atoms with E-state index in [9.17, 15) is 9.46 Å². The van der Waals surface area contributed by atoms with Gasteiger partial charge in [0.2, 0.25) is 7.37 Å². The molecule has 0 aromatic heterocycles. The van der Waals surface area contributed by atoms with Gasteiger partial charge in [-0.15, -0.1) is 0 Å². The van der Waals surface area contributed by atoms with Crippen molar-refractivity contribution in [1.82, 2.24) is 0 Å². The van der Waals surface area contributed by atoms with Gasteiger partial charge in [-0.3, -0.25) is 4.57 Å². The number of unbranched alkanes of at least 4 members (excludes halogenated alkanes) is 10. The Labute approximate surface area is 150 Å². The van der Waals surface area contributed by atoms with Crippen LogP contribution >= 0.6 is 7.37 Å². The second kappa shape index (κ2) is 16.6. The summed E-state index contributed by atoms with van der Waals surface area (Å²) in [6.07, 6.45) is 15.4. The Hall–Kier alpha value is 1.19. The number of hydrogen-bond donors (Lipinski definition) is 1. The van der Waals surface area contributed by atoms with Crippen LogP contribution in [-0.4, -0.2) is 17.2 Å². The van der Waals surface area contributed by atoms with Gasteiger partial charge in [0.25, 0.3) is 0 Å². The van der Waals surface area contributed by atoms with Crippen molar-refractivity contribution in [3.05, 3.63) is 0 Å². The third-order valence-electron chi connectivity index (χ3n) is 3.72. The van der Waals surface area contributed by atoms with E-state index in [4.69, 9.17) is 0 Å². The number of hydrogen-bond acceptors (Lipinski definition) is 1. The molecule has 0 rings (SSSR count). The molecule has 0 radical (unpaired) electrons. The molecular weight excluding hydrogens is 278 g/mol. The second-order valence-corrected chi connectivity index (χ2v) is 8.42. The van der Waals surface area contributed by atoms with Crippen LogP contribution in [0.15, 0.2) is 0 Å². The topological polar surface area (TPSA) is 37.3 Å². The summed E-state index contributed by atoms with van der Waals surface area (Å²) in [4.78, 5) is 9.88. The molecule has 0 unspecified atom stereocenters. The Balaban J connectivity index is -0.00000162. The van der Waals surface area contributed by atoms with Gasteiger partial charge in [0.1, 0.15) is 0 Å². The molecule has 0 amide bonds. The zero-order chi connectivity index (χ0) is 14.4. The van der Waals surface area contributed by atoms with Crippen LogP contribution in [0, 0.1) is 0 Å². The quantitative estimate of drug-likeness (QED) is 0.304. The summed E-state index contributed by atoms with van der Waals surface area (Å²) >= 11 is 0. The van der Waals surface area contributed by atoms with Crippen molar-refractivity contribution in [3.8, 4) is 0 Å². The summed E-state index contributed by atoms with van der Waals surface area (Å²) in [5.74, 6) is 0. The maximum atomic E-state index is 11.9. The summed E-state index contributed by atoms with van der Waals surface area (Å²) in [5.41, 5.74) is 0. The molecule has 0 aliphatic heterocycles. The van der Waals surface area contributed by atoms with E-state index < -0.39 is 7.37 Å². The maximum absolute atomic E-state index is 11.9. The predicted octanol–water partition coefficient (Wildman–Crippen LogP) is 3.09. The largest absolute Gasteiger partial charge is 1.00 e. The van der Waals surface area contributed by atoms with Crippen LogP contribution in [0.2, 0.25) is 0 Å². The zero-order valence-corrected chi connectivity index (χ0v) is 17.1. The maximum Gasteiger partial charge on any atom is 1.00 e. The Morgan fingerprint density at radius 2 is 1.00 bits per heavy atom. The van der Waals surface area contributed by atoms with E-state index >= 15 is 0 Å². The predicted molar refractivity (Wildman–Crippen MR) is 87.4 cm³/mol. The minimum atomic E-state index is -2.80. The molecule has 0 aliphatic carbocycles. The van der Waals surface area contributed by atoms with Crippen LogP contribution in [0.4, 0.5) is 0 Å². The minimum Gasteiger partial charge on any atom is -1.00 e. The van der Waals surface area contributed by atoms with Gasteiger partial charge in [0, 0.05) is 12.3 Å². The molecule has 118 valence electrons. The average molecular weight is 314 g/mol. The van der Waals surface area contributed by atoms with E-state index in [0.29, 0.717) is 12.3 Å². The van der Waals surface area contributed by atoms with Gasteiger partial charge in [-0.1, -0.05) is 78.1 Å². The SMILES string of the molecule is CCCCCCCCP(=O)(O)CCCCCCCC.[H-].[Na+]. The molecule has 0 aliphatic rings. The van der Waals surface area contributed by atoms with E-state index in [0.717, 1.165) is 25.7 Å². The van der Waals surface area contributed by atoms with Crippen LogP contribution in [0.1, 0.15) is 92.3 Å². The van der Waals surface area contributed by atoms with Crippen LogP contribution < -0.4 is 29.6 Å². The molecular formula is C16H36NaO2P. The first-order valence-electron chi connectivity index (χ1n) is 8.43. The van der Waals surface area contributed by atoms with Gasteiger partial charge >= 0.3 is 29.6 Å². The smallest absolute Gasteiger partial charge is 1.00 e. The van der Waals surface area contributed by atoms with Crippen molar-refractivity contribution in [2.24, 2.45) is 0 Å². The minimum absolute atomic E-state index is 0. The van der Waals surface area contributed by atoms with Gasteiger partial charge in [0.05, 0.1) is 0 Å². The van der Waals surface area contributed by atoms with E-state index in [-0.39, 0.29) is 31.0 Å². The van der Waals surface area contributed by atoms with Gasteiger partial charge in [-0.05, 0) is 12.8 Å². The normalized spacial score (nSPS) is 11.3. The molecule has 0 aromatic rings. The van der Waals surface area contributed by atoms with Crippen molar-refractivity contribution in [2.75, 3.05) is 12.3 Å². The van der Waals surface area contributed by atoms with E-state index in [1.807, 2.05) is 0 Å². The molecule has 0 saturated heterocycles. The molecule has 20 heavy (non-hydrogen) atoms. The third-order valence-corrected chi connectivity index (χ3v) is 5.75. The summed E-state index contributed by atoms with van der Waals surface area (Å²) in [6.45, 7) is 4.42. The summed E-state index contributed by atoms with van der Waals surface area (Å²) < 4.78 is 11.9. The van der Waals surface area contributed by atoms with Crippen molar-refractivity contribution in [2.45, 2.75) is 90.9 Å². The molecule has 1 N–H and O–H groups in total. The first kappa shape index (κ1) is 23.5. The summed E-state index contributed by atoms with van der Waals surface area (Å²) in [6, 6.07) is 0. The van der Waals surface area contributed by atoms with Gasteiger partial charge < -0.3 is 6.32 Å². The molecule has 0 fully saturated rings. The standard InChI is InChI=1S/C16H35O2P.Na.H/c1-3-5-7-9-11-13-15-19(17,18)16-14-12-10-8-6-4-2;;/h3-16H2,1-2H3,(H,17,18);;/q;+1;-1. The Morgan fingerprint density at radius 1 is 0.700 bits per heavy atom. The van der Waals surface area contributed by atoms with Crippen LogP contribution in [-0.2, 0) is 4.57 Å². The summed E-state index contributed by atoms with van der Waals surface area (Å²) in [5, 5.41) is 0. The zero-order valence-electron chi connectivity index (χ0n) is 15.2. The molecule has 0 aromatic carbocycles. The summed E-state index contributed by atoms with van der Waals surface area (Å²) in [7, 11) is -2.80. The van der Waals surface area contributed by atoms with Crippen LogP contribution in [0.25, 0.3) is 0 Å². The molecule has 0 saturated carbocycles. The Bertz CT molecular complexity index is 220. The fourth-order valence-electron chi connectivity index (χ4n) is 2.39. The molecule has 0 heterocycles. The van der Waals surface area contributed by atoms with E-state index in [2.05, 4.69) is 13.8 Å². The van der Waals surface area contributed by atoms with Crippen LogP contribution in [0.3, 0.4) is 0 Å². The second-order valence-electron chi connectivity index (χ2n) is 5.83. The molecule has 4 heteroatoms. The first-order valence-corrected chi connectivity index (χ1v) is 10.5. The van der Waals surface area contributed by atoms with Crippen molar-refractivity contribution >= 4 is 7.37 Å². The Morgan fingerprint density at radius 3 is 1.35 bits per heavy atom. The fourth-order valence-corrected chi connectivity index (χ4v) is 4.05. The Kier molecular flexibility index (Phi) is 19.4. The van der Waals surface area contributed by atoms with E-state index in [1.165, 1.54) is 51.4 Å². The average Bonchev–Trinajstić information content (AvgIpc) is 2.38. The molecule has 0 spiro atoms. The molecule has 2 nitrogen and oxygen atoms in total. The van der Waals surface area contributed by atoms with Gasteiger partial charge in [0.15, 0.2) is 0 Å². The van der Waals surface area contributed by atoms with E-state index in [1.54, 1.807) is 0 Å². The monoisotopic (exact) mass is 314 g/mol. The fraction of sp³-hybridized carbons (Fsp3) is 1.00. The van der Waals surface area contributed by atoms with Gasteiger partial charge in [-0.25, -0.2) is 0 Å². The van der Waals surface area contributed by atoms with Crippen molar-refractivity contribution in [3.63, 3.8) is 0 Å². The third kappa shape index (κ3) is 17.2. The molecule has 0 atom stereocenters.